The molecule has 1 aromatic heterocycles. The average Bonchev–Trinajstić information content (AvgIpc) is 3.09. The van der Waals surface area contributed by atoms with Gasteiger partial charge in [-0.25, -0.2) is 4.68 Å². The Morgan fingerprint density at radius 3 is 2.65 bits per heavy atom. The first-order valence-corrected chi connectivity index (χ1v) is 9.36. The van der Waals surface area contributed by atoms with Crippen LogP contribution >= 0.6 is 11.8 Å². The van der Waals surface area contributed by atoms with Gasteiger partial charge in [0.1, 0.15) is 11.5 Å². The third kappa shape index (κ3) is 4.76. The first-order chi connectivity index (χ1) is 12.7. The number of methoxy groups -OCH3 is 1. The molecule has 0 aliphatic carbocycles. The Bertz CT molecular complexity index is 849. The lowest BCUT2D eigenvalue weighted by atomic mass is 10.1. The highest BCUT2D eigenvalue weighted by Gasteiger charge is 2.08. The minimum Gasteiger partial charge on any atom is -0.497 e. The number of aromatic nitrogens is 4. The molecule has 1 heterocycles. The number of nitrogens with zero attached hydrogens (tertiary/aromatic N) is 4. The maximum Gasteiger partial charge on any atom is 0.209 e. The Kier molecular flexibility index (Phi) is 6.12. The van der Waals surface area contributed by atoms with E-state index in [1.54, 1.807) is 23.6 Å². The summed E-state index contributed by atoms with van der Waals surface area (Å²) in [5.41, 5.74) is 3.46. The van der Waals surface area contributed by atoms with Gasteiger partial charge in [-0.1, -0.05) is 36.0 Å². The van der Waals surface area contributed by atoms with Gasteiger partial charge in [0.2, 0.25) is 5.16 Å². The van der Waals surface area contributed by atoms with Crippen molar-refractivity contribution in [2.45, 2.75) is 25.5 Å². The van der Waals surface area contributed by atoms with Crippen LogP contribution in [-0.2, 0) is 6.54 Å². The van der Waals surface area contributed by atoms with Crippen molar-refractivity contribution >= 4 is 11.8 Å². The summed E-state index contributed by atoms with van der Waals surface area (Å²) in [5.74, 6) is 2.54. The molecule has 0 unspecified atom stereocenters. The summed E-state index contributed by atoms with van der Waals surface area (Å²) in [4.78, 5) is 0. The standard InChI is InChI=1S/C19H22N4O2S/c1-14-4-5-15(2)18(12-14)25-10-11-26-19-20-21-22-23(19)13-16-6-8-17(24-3)9-7-16/h4-9,12H,10-11,13H2,1-3H3. The number of hydrogen-bond acceptors (Lipinski definition) is 6. The van der Waals surface area contributed by atoms with E-state index >= 15 is 0 Å². The molecular weight excluding hydrogens is 348 g/mol. The van der Waals surface area contributed by atoms with Crippen LogP contribution in [0.5, 0.6) is 11.5 Å². The second kappa shape index (κ2) is 8.71. The number of rotatable bonds is 8. The van der Waals surface area contributed by atoms with Gasteiger partial charge in [-0.3, -0.25) is 0 Å². The molecule has 0 fully saturated rings. The fraction of sp³-hybridized carbons (Fsp3) is 0.316. The summed E-state index contributed by atoms with van der Waals surface area (Å²) in [5, 5.41) is 12.8. The number of hydrogen-bond donors (Lipinski definition) is 0. The van der Waals surface area contributed by atoms with Crippen molar-refractivity contribution in [1.82, 2.24) is 20.2 Å². The number of thioether (sulfide) groups is 1. The highest BCUT2D eigenvalue weighted by atomic mass is 32.2. The molecule has 3 rings (SSSR count). The monoisotopic (exact) mass is 370 g/mol. The van der Waals surface area contributed by atoms with E-state index in [9.17, 15) is 0 Å². The van der Waals surface area contributed by atoms with Crippen molar-refractivity contribution in [1.29, 1.82) is 0 Å². The molecule has 0 saturated heterocycles. The number of aryl methyl sites for hydroxylation is 2. The third-order valence-electron chi connectivity index (χ3n) is 3.91. The summed E-state index contributed by atoms with van der Waals surface area (Å²) >= 11 is 1.59. The summed E-state index contributed by atoms with van der Waals surface area (Å²) in [6.45, 7) is 5.34. The van der Waals surface area contributed by atoms with E-state index in [2.05, 4.69) is 47.6 Å². The lowest BCUT2D eigenvalue weighted by Gasteiger charge is -2.10. The average molecular weight is 370 g/mol. The highest BCUT2D eigenvalue weighted by Crippen LogP contribution is 2.21. The zero-order valence-electron chi connectivity index (χ0n) is 15.2. The van der Waals surface area contributed by atoms with Crippen molar-refractivity contribution in [3.63, 3.8) is 0 Å². The molecule has 2 aromatic carbocycles. The second-order valence-corrected chi connectivity index (χ2v) is 7.00. The van der Waals surface area contributed by atoms with Crippen LogP contribution in [-0.4, -0.2) is 39.7 Å². The largest absolute Gasteiger partial charge is 0.497 e. The normalized spacial score (nSPS) is 10.7. The van der Waals surface area contributed by atoms with Crippen LogP contribution in [0.4, 0.5) is 0 Å². The van der Waals surface area contributed by atoms with Crippen molar-refractivity contribution in [3.05, 3.63) is 59.2 Å². The van der Waals surface area contributed by atoms with Crippen molar-refractivity contribution < 1.29 is 9.47 Å². The van der Waals surface area contributed by atoms with E-state index in [0.29, 0.717) is 13.2 Å². The van der Waals surface area contributed by atoms with E-state index in [1.807, 2.05) is 24.3 Å². The molecule has 0 atom stereocenters. The Morgan fingerprint density at radius 1 is 1.08 bits per heavy atom. The van der Waals surface area contributed by atoms with Crippen LogP contribution in [0.1, 0.15) is 16.7 Å². The fourth-order valence-electron chi connectivity index (χ4n) is 2.45. The Morgan fingerprint density at radius 2 is 1.88 bits per heavy atom. The number of benzene rings is 2. The van der Waals surface area contributed by atoms with Crippen LogP contribution in [0, 0.1) is 13.8 Å². The molecule has 0 saturated carbocycles. The molecule has 0 spiro atoms. The molecule has 3 aromatic rings. The van der Waals surface area contributed by atoms with Crippen molar-refractivity contribution in [3.8, 4) is 11.5 Å². The van der Waals surface area contributed by atoms with Gasteiger partial charge in [-0.05, 0) is 59.2 Å². The summed E-state index contributed by atoms with van der Waals surface area (Å²) < 4.78 is 12.9. The molecule has 0 bridgehead atoms. The predicted octanol–water partition coefficient (Wildman–Crippen LogP) is 3.52. The van der Waals surface area contributed by atoms with Gasteiger partial charge in [0.25, 0.3) is 0 Å². The third-order valence-corrected chi connectivity index (χ3v) is 4.83. The fourth-order valence-corrected chi connectivity index (χ4v) is 3.14. The zero-order chi connectivity index (χ0) is 18.4. The van der Waals surface area contributed by atoms with Crippen LogP contribution in [0.2, 0.25) is 0 Å². The van der Waals surface area contributed by atoms with Crippen molar-refractivity contribution in [2.75, 3.05) is 19.5 Å². The van der Waals surface area contributed by atoms with Gasteiger partial charge in [-0.2, -0.15) is 0 Å². The lowest BCUT2D eigenvalue weighted by Crippen LogP contribution is -2.06. The maximum absolute atomic E-state index is 5.89. The Balaban J connectivity index is 1.53. The predicted molar refractivity (Wildman–Crippen MR) is 102 cm³/mol. The molecule has 136 valence electrons. The molecule has 6 nitrogen and oxygen atoms in total. The van der Waals surface area contributed by atoms with Gasteiger partial charge in [-0.15, -0.1) is 5.10 Å². The van der Waals surface area contributed by atoms with E-state index in [0.717, 1.165) is 33.5 Å². The first-order valence-electron chi connectivity index (χ1n) is 8.37. The Labute approximate surface area is 157 Å². The summed E-state index contributed by atoms with van der Waals surface area (Å²) in [6.07, 6.45) is 0. The SMILES string of the molecule is COc1ccc(Cn2nnnc2SCCOc2cc(C)ccc2C)cc1. The number of tetrazole rings is 1. The topological polar surface area (TPSA) is 62.1 Å². The van der Waals surface area contributed by atoms with E-state index in [1.165, 1.54) is 5.56 Å². The molecule has 0 aliphatic heterocycles. The molecule has 0 radical (unpaired) electrons. The van der Waals surface area contributed by atoms with E-state index in [4.69, 9.17) is 9.47 Å². The Hall–Kier alpha value is -2.54. The highest BCUT2D eigenvalue weighted by molar-refractivity contribution is 7.99. The molecule has 0 aliphatic rings. The molecule has 0 amide bonds. The molecule has 7 heteroatoms. The van der Waals surface area contributed by atoms with Crippen molar-refractivity contribution in [2.24, 2.45) is 0 Å². The smallest absolute Gasteiger partial charge is 0.209 e. The van der Waals surface area contributed by atoms with Gasteiger partial charge in [0.15, 0.2) is 0 Å². The lowest BCUT2D eigenvalue weighted by molar-refractivity contribution is 0.341. The van der Waals surface area contributed by atoms with Gasteiger partial charge >= 0.3 is 0 Å². The molecular formula is C19H22N4O2S. The first kappa shape index (κ1) is 18.3. The summed E-state index contributed by atoms with van der Waals surface area (Å²) in [6, 6.07) is 14.1. The van der Waals surface area contributed by atoms with Gasteiger partial charge < -0.3 is 9.47 Å². The molecule has 26 heavy (non-hydrogen) atoms. The molecule has 0 N–H and O–H groups in total. The van der Waals surface area contributed by atoms with Crippen LogP contribution in [0.15, 0.2) is 47.6 Å². The second-order valence-electron chi connectivity index (χ2n) is 5.93. The number of ether oxygens (including phenoxy) is 2. The minimum atomic E-state index is 0.602. The van der Waals surface area contributed by atoms with Crippen LogP contribution in [0.25, 0.3) is 0 Å². The quantitative estimate of drug-likeness (QED) is 0.447. The van der Waals surface area contributed by atoms with Crippen LogP contribution in [0.3, 0.4) is 0 Å². The van der Waals surface area contributed by atoms with Gasteiger partial charge in [0.05, 0.1) is 20.3 Å². The van der Waals surface area contributed by atoms with Crippen LogP contribution < -0.4 is 9.47 Å². The van der Waals surface area contributed by atoms with Gasteiger partial charge in [0, 0.05) is 5.75 Å². The summed E-state index contributed by atoms with van der Waals surface area (Å²) in [7, 11) is 1.66. The maximum atomic E-state index is 5.89. The minimum absolute atomic E-state index is 0.602. The van der Waals surface area contributed by atoms with E-state index < -0.39 is 0 Å². The van der Waals surface area contributed by atoms with E-state index in [-0.39, 0.29) is 0 Å². The zero-order valence-corrected chi connectivity index (χ0v) is 16.0.